The highest BCUT2D eigenvalue weighted by atomic mass is 32.1. The number of carbonyl (C=O) groups is 1. The van der Waals surface area contributed by atoms with Crippen LogP contribution < -0.4 is 5.73 Å². The smallest absolute Gasteiger partial charge is 0.304 e. The van der Waals surface area contributed by atoms with Gasteiger partial charge in [-0.2, -0.15) is 12.6 Å². The van der Waals surface area contributed by atoms with Crippen LogP contribution in [-0.2, 0) is 4.79 Å². The van der Waals surface area contributed by atoms with Crippen molar-refractivity contribution in [2.24, 2.45) is 5.73 Å². The molecule has 0 bridgehead atoms. The Hall–Kier alpha value is -0.220. The fourth-order valence-corrected chi connectivity index (χ4v) is 0.418. The van der Waals surface area contributed by atoms with Crippen molar-refractivity contribution in [1.29, 1.82) is 0 Å². The Balaban J connectivity index is 3.24. The molecule has 0 aromatic carbocycles. The Kier molecular flexibility index (Phi) is 3.64. The first kappa shape index (κ1) is 7.78. The maximum Gasteiger partial charge on any atom is 0.304 e. The van der Waals surface area contributed by atoms with Gasteiger partial charge in [0.1, 0.15) is 0 Å². The number of carboxylic acids is 1. The van der Waals surface area contributed by atoms with Crippen molar-refractivity contribution >= 4 is 18.6 Å². The summed E-state index contributed by atoms with van der Waals surface area (Å²) in [4.78, 5) is 9.85. The normalized spacial score (nSPS) is 13.2. The third-order valence-electron chi connectivity index (χ3n) is 0.671. The number of thiol groups is 1. The van der Waals surface area contributed by atoms with Crippen LogP contribution in [0, 0.1) is 0 Å². The van der Waals surface area contributed by atoms with Gasteiger partial charge in [0, 0.05) is 11.8 Å². The first-order valence-electron chi connectivity index (χ1n) is 2.25. The van der Waals surface area contributed by atoms with Crippen LogP contribution in [-0.4, -0.2) is 22.9 Å². The molecule has 3 nitrogen and oxygen atoms in total. The average molecular weight is 135 g/mol. The maximum absolute atomic E-state index is 9.85. The Morgan fingerprint density at radius 1 is 1.88 bits per heavy atom. The topological polar surface area (TPSA) is 63.3 Å². The van der Waals surface area contributed by atoms with E-state index in [4.69, 9.17) is 10.8 Å². The van der Waals surface area contributed by atoms with Crippen molar-refractivity contribution < 1.29 is 9.90 Å². The second kappa shape index (κ2) is 3.74. The molecule has 0 saturated heterocycles. The van der Waals surface area contributed by atoms with E-state index in [2.05, 4.69) is 12.6 Å². The van der Waals surface area contributed by atoms with Crippen molar-refractivity contribution in [2.45, 2.75) is 12.5 Å². The zero-order chi connectivity index (χ0) is 6.57. The van der Waals surface area contributed by atoms with Gasteiger partial charge in [0.2, 0.25) is 0 Å². The second-order valence-electron chi connectivity index (χ2n) is 1.54. The molecule has 1 atom stereocenters. The minimum atomic E-state index is -0.869. The number of hydrogen-bond donors (Lipinski definition) is 3. The van der Waals surface area contributed by atoms with Crippen molar-refractivity contribution in [3.05, 3.63) is 0 Å². The van der Waals surface area contributed by atoms with Crippen LogP contribution in [0.2, 0.25) is 0 Å². The minimum absolute atomic E-state index is 0.00347. The van der Waals surface area contributed by atoms with Crippen molar-refractivity contribution in [1.82, 2.24) is 0 Å². The molecule has 0 aliphatic heterocycles. The summed E-state index contributed by atoms with van der Waals surface area (Å²) in [5, 5.41) is 8.10. The van der Waals surface area contributed by atoms with Crippen LogP contribution in [0.25, 0.3) is 0 Å². The van der Waals surface area contributed by atoms with Crippen molar-refractivity contribution in [3.8, 4) is 0 Å². The lowest BCUT2D eigenvalue weighted by Gasteiger charge is -2.00. The van der Waals surface area contributed by atoms with E-state index in [0.29, 0.717) is 5.75 Å². The molecule has 0 unspecified atom stereocenters. The molecule has 0 aromatic rings. The summed E-state index contributed by atoms with van der Waals surface area (Å²) in [6, 6.07) is -0.309. The molecule has 48 valence electrons. The number of nitrogens with two attached hydrogens (primary N) is 1. The monoisotopic (exact) mass is 135 g/mol. The summed E-state index contributed by atoms with van der Waals surface area (Å²) in [5.74, 6) is -0.446. The first-order chi connectivity index (χ1) is 3.66. The molecule has 0 amide bonds. The third kappa shape index (κ3) is 3.95. The Morgan fingerprint density at radius 2 is 2.38 bits per heavy atom. The fourth-order valence-electron chi connectivity index (χ4n) is 0.289. The molecule has 4 heteroatoms. The molecule has 3 N–H and O–H groups in total. The van der Waals surface area contributed by atoms with Gasteiger partial charge in [-0.1, -0.05) is 0 Å². The number of aliphatic carboxylic acids is 1. The summed E-state index contributed by atoms with van der Waals surface area (Å²) in [7, 11) is 0. The molecule has 8 heavy (non-hydrogen) atoms. The number of hydrogen-bond acceptors (Lipinski definition) is 3. The van der Waals surface area contributed by atoms with Crippen LogP contribution in [0.3, 0.4) is 0 Å². The molecular weight excluding hydrogens is 126 g/mol. The summed E-state index contributed by atoms with van der Waals surface area (Å²) >= 11 is 3.80. The highest BCUT2D eigenvalue weighted by molar-refractivity contribution is 7.80. The molecule has 0 aliphatic rings. The zero-order valence-corrected chi connectivity index (χ0v) is 5.27. The SMILES string of the molecule is N[C@@H](CS)CC(=O)O. The van der Waals surface area contributed by atoms with Crippen molar-refractivity contribution in [2.75, 3.05) is 5.75 Å². The number of rotatable bonds is 3. The summed E-state index contributed by atoms with van der Waals surface area (Å²) in [6.45, 7) is 0. The van der Waals surface area contributed by atoms with E-state index in [-0.39, 0.29) is 12.5 Å². The molecule has 0 spiro atoms. The molecule has 0 aliphatic carbocycles. The van der Waals surface area contributed by atoms with Crippen LogP contribution in [0.15, 0.2) is 0 Å². The van der Waals surface area contributed by atoms with Gasteiger partial charge in [0.25, 0.3) is 0 Å². The van der Waals surface area contributed by atoms with E-state index in [1.54, 1.807) is 0 Å². The van der Waals surface area contributed by atoms with E-state index in [0.717, 1.165) is 0 Å². The average Bonchev–Trinajstić information content (AvgIpc) is 1.65. The highest BCUT2D eigenvalue weighted by Crippen LogP contribution is 1.88. The summed E-state index contributed by atoms with van der Waals surface area (Å²) < 4.78 is 0. The van der Waals surface area contributed by atoms with E-state index >= 15 is 0 Å². The largest absolute Gasteiger partial charge is 0.481 e. The van der Waals surface area contributed by atoms with Crippen molar-refractivity contribution in [3.63, 3.8) is 0 Å². The Labute approximate surface area is 53.3 Å². The van der Waals surface area contributed by atoms with Gasteiger partial charge in [-0.05, 0) is 0 Å². The zero-order valence-electron chi connectivity index (χ0n) is 4.37. The van der Waals surface area contributed by atoms with Crippen LogP contribution in [0.5, 0.6) is 0 Å². The van der Waals surface area contributed by atoms with Gasteiger partial charge in [0.15, 0.2) is 0 Å². The highest BCUT2D eigenvalue weighted by Gasteiger charge is 2.03. The lowest BCUT2D eigenvalue weighted by atomic mass is 10.3. The van der Waals surface area contributed by atoms with E-state index in [1.807, 2.05) is 0 Å². The minimum Gasteiger partial charge on any atom is -0.481 e. The van der Waals surface area contributed by atoms with Gasteiger partial charge in [-0.3, -0.25) is 4.79 Å². The predicted octanol–water partition coefficient (Wildman–Crippen LogP) is -0.282. The van der Waals surface area contributed by atoms with E-state index in [1.165, 1.54) is 0 Å². The second-order valence-corrected chi connectivity index (χ2v) is 1.91. The van der Waals surface area contributed by atoms with Gasteiger partial charge in [-0.15, -0.1) is 0 Å². The molecule has 0 rings (SSSR count). The summed E-state index contributed by atoms with van der Waals surface area (Å²) in [6.07, 6.45) is 0.00347. The van der Waals surface area contributed by atoms with Gasteiger partial charge in [0.05, 0.1) is 6.42 Å². The fraction of sp³-hybridized carbons (Fsp3) is 0.750. The lowest BCUT2D eigenvalue weighted by molar-refractivity contribution is -0.137. The standard InChI is InChI=1S/C4H9NO2S/c5-3(2-8)1-4(6)7/h3,8H,1-2,5H2,(H,6,7)/t3-/m1/s1. The van der Waals surface area contributed by atoms with Crippen LogP contribution >= 0.6 is 12.6 Å². The first-order valence-corrected chi connectivity index (χ1v) is 2.88. The van der Waals surface area contributed by atoms with Gasteiger partial charge >= 0.3 is 5.97 Å². The Bertz CT molecular complexity index is 86.1. The molecule has 0 saturated carbocycles. The maximum atomic E-state index is 9.85. The predicted molar refractivity (Wildman–Crippen MR) is 34.1 cm³/mol. The van der Waals surface area contributed by atoms with E-state index in [9.17, 15) is 4.79 Å². The quantitative estimate of drug-likeness (QED) is 0.466. The third-order valence-corrected chi connectivity index (χ3v) is 1.14. The van der Waals surface area contributed by atoms with Gasteiger partial charge in [-0.25, -0.2) is 0 Å². The molecular formula is C4H9NO2S. The number of carboxylic acid groups (broad SMARTS) is 1. The lowest BCUT2D eigenvalue weighted by Crippen LogP contribution is -2.25. The molecule has 0 heterocycles. The van der Waals surface area contributed by atoms with Crippen LogP contribution in [0.4, 0.5) is 0 Å². The van der Waals surface area contributed by atoms with E-state index < -0.39 is 5.97 Å². The van der Waals surface area contributed by atoms with Gasteiger partial charge < -0.3 is 10.8 Å². The van der Waals surface area contributed by atoms with Crippen LogP contribution in [0.1, 0.15) is 6.42 Å². The molecule has 0 aromatic heterocycles. The Morgan fingerprint density at radius 3 is 2.50 bits per heavy atom. The molecule has 0 radical (unpaired) electrons. The summed E-state index contributed by atoms with van der Waals surface area (Å²) in [5.41, 5.74) is 5.22. The molecule has 0 fully saturated rings.